The molecular weight excluding hydrogens is 258 g/mol. The number of rotatable bonds is 5. The summed E-state index contributed by atoms with van der Waals surface area (Å²) in [5.74, 6) is 1.39. The minimum absolute atomic E-state index is 0.136. The zero-order valence-electron chi connectivity index (χ0n) is 12.0. The van der Waals surface area contributed by atoms with Gasteiger partial charge >= 0.3 is 5.97 Å². The number of esters is 1. The first-order valence-electron chi connectivity index (χ1n) is 6.90. The second kappa shape index (κ2) is 7.14. The van der Waals surface area contributed by atoms with Gasteiger partial charge in [-0.2, -0.15) is 0 Å². The molecule has 0 bridgehead atoms. The number of methoxy groups -OCH3 is 1. The van der Waals surface area contributed by atoms with E-state index in [0.717, 1.165) is 23.5 Å². The molecule has 5 heteroatoms. The first-order valence-corrected chi connectivity index (χ1v) is 6.90. The lowest BCUT2D eigenvalue weighted by Crippen LogP contribution is -2.22. The van der Waals surface area contributed by atoms with Crippen LogP contribution in [0.5, 0.6) is 11.5 Å². The van der Waals surface area contributed by atoms with Crippen LogP contribution in [0.15, 0.2) is 18.2 Å². The summed E-state index contributed by atoms with van der Waals surface area (Å²) in [4.78, 5) is 11.1. The summed E-state index contributed by atoms with van der Waals surface area (Å²) in [6.45, 7) is 4.01. The molecule has 20 heavy (non-hydrogen) atoms. The molecule has 0 spiro atoms. The number of hydrogen-bond acceptors (Lipinski definition) is 5. The van der Waals surface area contributed by atoms with Gasteiger partial charge in [-0.25, -0.2) is 0 Å². The molecule has 1 aliphatic rings. The monoisotopic (exact) mass is 279 g/mol. The molecule has 1 atom stereocenters. The highest BCUT2D eigenvalue weighted by molar-refractivity contribution is 5.69. The highest BCUT2D eigenvalue weighted by Crippen LogP contribution is 2.32. The lowest BCUT2D eigenvalue weighted by Gasteiger charge is -2.16. The zero-order chi connectivity index (χ0) is 14.4. The normalized spacial score (nSPS) is 15.3. The van der Waals surface area contributed by atoms with Crippen LogP contribution in [-0.2, 0) is 9.53 Å². The van der Waals surface area contributed by atoms with Gasteiger partial charge in [-0.3, -0.25) is 4.79 Å². The fourth-order valence-corrected chi connectivity index (χ4v) is 2.06. The Morgan fingerprint density at radius 1 is 1.35 bits per heavy atom. The molecule has 1 aromatic carbocycles. The van der Waals surface area contributed by atoms with Crippen molar-refractivity contribution in [3.8, 4) is 11.5 Å². The summed E-state index contributed by atoms with van der Waals surface area (Å²) in [5, 5.41) is 3.29. The van der Waals surface area contributed by atoms with E-state index < -0.39 is 0 Å². The van der Waals surface area contributed by atoms with Gasteiger partial charge in [0.1, 0.15) is 0 Å². The van der Waals surface area contributed by atoms with Gasteiger partial charge in [0.25, 0.3) is 0 Å². The third-order valence-electron chi connectivity index (χ3n) is 3.28. The van der Waals surface area contributed by atoms with Crippen LogP contribution in [0.2, 0.25) is 0 Å². The molecule has 1 aliphatic heterocycles. The second-order valence-corrected chi connectivity index (χ2v) is 4.76. The van der Waals surface area contributed by atoms with Crippen LogP contribution >= 0.6 is 0 Å². The molecule has 5 nitrogen and oxygen atoms in total. The van der Waals surface area contributed by atoms with Crippen molar-refractivity contribution in [3.05, 3.63) is 23.8 Å². The van der Waals surface area contributed by atoms with E-state index in [1.807, 2.05) is 18.2 Å². The standard InChI is InChI=1S/C15H21NO4/c1-11(16-7-6-15(17)18-2)12-4-5-13-14(10-12)20-9-3-8-19-13/h4-5,10-11,16H,3,6-9H2,1-2H3. The molecular formula is C15H21NO4. The molecule has 0 saturated heterocycles. The summed E-state index contributed by atoms with van der Waals surface area (Å²) in [7, 11) is 1.40. The topological polar surface area (TPSA) is 56.8 Å². The Kier molecular flexibility index (Phi) is 5.24. The van der Waals surface area contributed by atoms with Gasteiger partial charge in [-0.1, -0.05) is 6.07 Å². The van der Waals surface area contributed by atoms with Gasteiger partial charge in [-0.05, 0) is 24.6 Å². The van der Waals surface area contributed by atoms with Gasteiger partial charge in [-0.15, -0.1) is 0 Å². The van der Waals surface area contributed by atoms with Gasteiger partial charge < -0.3 is 19.5 Å². The minimum atomic E-state index is -0.205. The maximum atomic E-state index is 11.1. The van der Waals surface area contributed by atoms with Crippen molar-refractivity contribution in [2.24, 2.45) is 0 Å². The van der Waals surface area contributed by atoms with Crippen molar-refractivity contribution in [2.45, 2.75) is 25.8 Å². The Balaban J connectivity index is 1.94. The molecule has 0 amide bonds. The van der Waals surface area contributed by atoms with Crippen molar-refractivity contribution in [3.63, 3.8) is 0 Å². The lowest BCUT2D eigenvalue weighted by molar-refractivity contribution is -0.140. The Bertz CT molecular complexity index is 461. The van der Waals surface area contributed by atoms with E-state index in [-0.39, 0.29) is 12.0 Å². The number of fused-ring (bicyclic) bond motifs is 1. The number of benzene rings is 1. The molecule has 1 unspecified atom stereocenters. The van der Waals surface area contributed by atoms with E-state index in [9.17, 15) is 4.79 Å². The summed E-state index contributed by atoms with van der Waals surface area (Å²) in [6.07, 6.45) is 1.27. The predicted octanol–water partition coefficient (Wildman–Crippen LogP) is 2.06. The Labute approximate surface area is 119 Å². The van der Waals surface area contributed by atoms with Crippen LogP contribution in [0.3, 0.4) is 0 Å². The SMILES string of the molecule is COC(=O)CCNC(C)c1ccc2c(c1)OCCCO2. The lowest BCUT2D eigenvalue weighted by atomic mass is 10.1. The zero-order valence-corrected chi connectivity index (χ0v) is 12.0. The van der Waals surface area contributed by atoms with Crippen LogP contribution in [-0.4, -0.2) is 32.8 Å². The number of nitrogens with one attached hydrogen (secondary N) is 1. The fourth-order valence-electron chi connectivity index (χ4n) is 2.06. The van der Waals surface area contributed by atoms with Gasteiger partial charge in [0.05, 0.1) is 26.7 Å². The maximum absolute atomic E-state index is 11.1. The minimum Gasteiger partial charge on any atom is -0.490 e. The van der Waals surface area contributed by atoms with Crippen LogP contribution in [0.1, 0.15) is 31.4 Å². The van der Waals surface area contributed by atoms with E-state index in [2.05, 4.69) is 17.0 Å². The Morgan fingerprint density at radius 2 is 2.10 bits per heavy atom. The van der Waals surface area contributed by atoms with E-state index >= 15 is 0 Å². The third kappa shape index (κ3) is 3.87. The van der Waals surface area contributed by atoms with E-state index in [1.165, 1.54) is 7.11 Å². The molecule has 0 saturated carbocycles. The number of carbonyl (C=O) groups excluding carboxylic acids is 1. The highest BCUT2D eigenvalue weighted by Gasteiger charge is 2.13. The van der Waals surface area contributed by atoms with Crippen molar-refractivity contribution in [2.75, 3.05) is 26.9 Å². The quantitative estimate of drug-likeness (QED) is 0.836. The molecule has 0 radical (unpaired) electrons. The van der Waals surface area contributed by atoms with Gasteiger partial charge in [0.2, 0.25) is 0 Å². The first-order chi connectivity index (χ1) is 9.70. The van der Waals surface area contributed by atoms with E-state index in [0.29, 0.717) is 26.2 Å². The maximum Gasteiger partial charge on any atom is 0.306 e. The first kappa shape index (κ1) is 14.7. The highest BCUT2D eigenvalue weighted by atomic mass is 16.5. The Hall–Kier alpha value is -1.75. The summed E-state index contributed by atoms with van der Waals surface area (Å²) < 4.78 is 15.9. The van der Waals surface area contributed by atoms with Crippen LogP contribution < -0.4 is 14.8 Å². The predicted molar refractivity (Wildman–Crippen MR) is 75.1 cm³/mol. The number of hydrogen-bond donors (Lipinski definition) is 1. The molecule has 1 heterocycles. The van der Waals surface area contributed by atoms with E-state index in [1.54, 1.807) is 0 Å². The smallest absolute Gasteiger partial charge is 0.306 e. The summed E-state index contributed by atoms with van der Waals surface area (Å²) in [6, 6.07) is 6.09. The van der Waals surface area contributed by atoms with E-state index in [4.69, 9.17) is 9.47 Å². The molecule has 0 fully saturated rings. The van der Waals surface area contributed by atoms with Crippen LogP contribution in [0.25, 0.3) is 0 Å². The van der Waals surface area contributed by atoms with Gasteiger partial charge in [0.15, 0.2) is 11.5 Å². The average molecular weight is 279 g/mol. The van der Waals surface area contributed by atoms with Crippen molar-refractivity contribution in [1.82, 2.24) is 5.32 Å². The van der Waals surface area contributed by atoms with Crippen LogP contribution in [0, 0.1) is 0 Å². The molecule has 1 aromatic rings. The molecule has 2 rings (SSSR count). The molecule has 0 aromatic heterocycles. The van der Waals surface area contributed by atoms with Crippen molar-refractivity contribution in [1.29, 1.82) is 0 Å². The fraction of sp³-hybridized carbons (Fsp3) is 0.533. The summed E-state index contributed by atoms with van der Waals surface area (Å²) in [5.41, 5.74) is 1.11. The molecule has 110 valence electrons. The number of ether oxygens (including phenoxy) is 3. The second-order valence-electron chi connectivity index (χ2n) is 4.76. The summed E-state index contributed by atoms with van der Waals surface area (Å²) >= 11 is 0. The molecule has 0 aliphatic carbocycles. The van der Waals surface area contributed by atoms with Crippen molar-refractivity contribution < 1.29 is 19.0 Å². The Morgan fingerprint density at radius 3 is 2.85 bits per heavy atom. The molecule has 1 N–H and O–H groups in total. The van der Waals surface area contributed by atoms with Crippen LogP contribution in [0.4, 0.5) is 0 Å². The third-order valence-corrected chi connectivity index (χ3v) is 3.28. The number of carbonyl (C=O) groups is 1. The largest absolute Gasteiger partial charge is 0.490 e. The average Bonchev–Trinajstić information content (AvgIpc) is 2.71. The van der Waals surface area contributed by atoms with Gasteiger partial charge in [0, 0.05) is 19.0 Å². The van der Waals surface area contributed by atoms with Crippen molar-refractivity contribution >= 4 is 5.97 Å².